The van der Waals surface area contributed by atoms with Gasteiger partial charge >= 0.3 is 0 Å². The highest BCUT2D eigenvalue weighted by Gasteiger charge is 2.06. The van der Waals surface area contributed by atoms with Gasteiger partial charge in [-0.15, -0.1) is 5.10 Å². The van der Waals surface area contributed by atoms with Gasteiger partial charge in [0, 0.05) is 6.20 Å². The second kappa shape index (κ2) is 5.24. The summed E-state index contributed by atoms with van der Waals surface area (Å²) >= 11 is 0. The van der Waals surface area contributed by atoms with Gasteiger partial charge in [0.25, 0.3) is 0 Å². The fourth-order valence-electron chi connectivity index (χ4n) is 2.05. The number of fused-ring (bicyclic) bond motifs is 1. The standard InChI is InChI=1S/C14H14FN5/c1-2-10-4-3-7-16-12(10)8-17-14-18-13-6-5-11(15)9-20(13)19-14/h3-7,9H,2,8H2,1H3,(H,17,19). The molecule has 0 spiro atoms. The molecule has 3 rings (SSSR count). The first-order valence-electron chi connectivity index (χ1n) is 6.45. The molecule has 0 aliphatic carbocycles. The number of pyridine rings is 2. The van der Waals surface area contributed by atoms with Crippen LogP contribution >= 0.6 is 0 Å². The van der Waals surface area contributed by atoms with E-state index in [2.05, 4.69) is 33.4 Å². The molecule has 0 amide bonds. The average molecular weight is 271 g/mol. The number of hydrogen-bond donors (Lipinski definition) is 1. The van der Waals surface area contributed by atoms with Crippen molar-refractivity contribution < 1.29 is 4.39 Å². The summed E-state index contributed by atoms with van der Waals surface area (Å²) < 4.78 is 14.5. The summed E-state index contributed by atoms with van der Waals surface area (Å²) in [6.45, 7) is 2.63. The van der Waals surface area contributed by atoms with E-state index in [1.807, 2.05) is 6.07 Å². The number of hydrogen-bond acceptors (Lipinski definition) is 4. The van der Waals surface area contributed by atoms with E-state index < -0.39 is 0 Å². The number of halogens is 1. The molecular formula is C14H14FN5. The Morgan fingerprint density at radius 2 is 2.20 bits per heavy atom. The lowest BCUT2D eigenvalue weighted by molar-refractivity contribution is 0.615. The van der Waals surface area contributed by atoms with Gasteiger partial charge in [-0.25, -0.2) is 8.91 Å². The van der Waals surface area contributed by atoms with Crippen LogP contribution in [0.3, 0.4) is 0 Å². The van der Waals surface area contributed by atoms with Crippen molar-refractivity contribution in [1.82, 2.24) is 19.6 Å². The number of aryl methyl sites for hydroxylation is 1. The number of aromatic nitrogens is 4. The molecule has 20 heavy (non-hydrogen) atoms. The van der Waals surface area contributed by atoms with Crippen LogP contribution in [-0.2, 0) is 13.0 Å². The van der Waals surface area contributed by atoms with Crippen molar-refractivity contribution in [3.63, 3.8) is 0 Å². The minimum Gasteiger partial charge on any atom is -0.347 e. The highest BCUT2D eigenvalue weighted by Crippen LogP contribution is 2.10. The molecule has 0 atom stereocenters. The Morgan fingerprint density at radius 3 is 3.05 bits per heavy atom. The van der Waals surface area contributed by atoms with Crippen LogP contribution in [0.25, 0.3) is 5.65 Å². The lowest BCUT2D eigenvalue weighted by Crippen LogP contribution is -2.06. The molecule has 102 valence electrons. The van der Waals surface area contributed by atoms with Crippen LogP contribution in [0.1, 0.15) is 18.2 Å². The fourth-order valence-corrected chi connectivity index (χ4v) is 2.05. The summed E-state index contributed by atoms with van der Waals surface area (Å²) in [6, 6.07) is 6.93. The first kappa shape index (κ1) is 12.5. The van der Waals surface area contributed by atoms with Gasteiger partial charge in [0.15, 0.2) is 5.65 Å². The summed E-state index contributed by atoms with van der Waals surface area (Å²) in [5, 5.41) is 7.29. The van der Waals surface area contributed by atoms with Crippen LogP contribution in [0.5, 0.6) is 0 Å². The van der Waals surface area contributed by atoms with Crippen LogP contribution in [0.2, 0.25) is 0 Å². The molecule has 0 aromatic carbocycles. The van der Waals surface area contributed by atoms with Gasteiger partial charge < -0.3 is 5.32 Å². The summed E-state index contributed by atoms with van der Waals surface area (Å²) in [6.07, 6.45) is 3.99. The zero-order chi connectivity index (χ0) is 13.9. The Bertz CT molecular complexity index is 737. The van der Waals surface area contributed by atoms with E-state index in [1.165, 1.54) is 22.3 Å². The van der Waals surface area contributed by atoms with Gasteiger partial charge in [-0.1, -0.05) is 13.0 Å². The molecule has 3 aromatic rings. The van der Waals surface area contributed by atoms with E-state index in [0.717, 1.165) is 12.1 Å². The monoisotopic (exact) mass is 271 g/mol. The lowest BCUT2D eigenvalue weighted by Gasteiger charge is -2.06. The minimum absolute atomic E-state index is 0.341. The highest BCUT2D eigenvalue weighted by atomic mass is 19.1. The number of nitrogens with zero attached hydrogens (tertiary/aromatic N) is 4. The first-order chi connectivity index (χ1) is 9.76. The van der Waals surface area contributed by atoms with Gasteiger partial charge in [0.1, 0.15) is 5.82 Å². The summed E-state index contributed by atoms with van der Waals surface area (Å²) in [7, 11) is 0. The Kier molecular flexibility index (Phi) is 3.28. The third-order valence-corrected chi connectivity index (χ3v) is 3.07. The Balaban J connectivity index is 1.79. The zero-order valence-electron chi connectivity index (χ0n) is 11.0. The number of rotatable bonds is 4. The topological polar surface area (TPSA) is 55.1 Å². The Morgan fingerprint density at radius 1 is 1.30 bits per heavy atom. The van der Waals surface area contributed by atoms with E-state index >= 15 is 0 Å². The zero-order valence-corrected chi connectivity index (χ0v) is 11.0. The molecule has 1 N–H and O–H groups in total. The minimum atomic E-state index is -0.341. The van der Waals surface area contributed by atoms with Gasteiger partial charge in [0.05, 0.1) is 18.4 Å². The van der Waals surface area contributed by atoms with E-state index in [0.29, 0.717) is 18.1 Å². The summed E-state index contributed by atoms with van der Waals surface area (Å²) in [5.41, 5.74) is 2.76. The van der Waals surface area contributed by atoms with Crippen LogP contribution < -0.4 is 5.32 Å². The second-order valence-electron chi connectivity index (χ2n) is 4.40. The molecule has 0 fully saturated rings. The smallest absolute Gasteiger partial charge is 0.243 e. The van der Waals surface area contributed by atoms with Gasteiger partial charge in [-0.2, -0.15) is 4.98 Å². The van der Waals surface area contributed by atoms with Crippen molar-refractivity contribution in [3.05, 3.63) is 53.7 Å². The van der Waals surface area contributed by atoms with E-state index in [1.54, 1.807) is 12.3 Å². The van der Waals surface area contributed by atoms with Crippen LogP contribution in [0, 0.1) is 5.82 Å². The summed E-state index contributed by atoms with van der Waals surface area (Å²) in [4.78, 5) is 8.62. The molecule has 0 radical (unpaired) electrons. The molecule has 3 aromatic heterocycles. The van der Waals surface area contributed by atoms with Crippen LogP contribution in [0.4, 0.5) is 10.3 Å². The van der Waals surface area contributed by atoms with Crippen molar-refractivity contribution >= 4 is 11.6 Å². The lowest BCUT2D eigenvalue weighted by atomic mass is 10.1. The molecule has 0 saturated heterocycles. The Hall–Kier alpha value is -2.50. The molecule has 5 nitrogen and oxygen atoms in total. The third kappa shape index (κ3) is 2.45. The average Bonchev–Trinajstić information content (AvgIpc) is 2.87. The van der Waals surface area contributed by atoms with Gasteiger partial charge in [-0.05, 0) is 30.2 Å². The van der Waals surface area contributed by atoms with Crippen molar-refractivity contribution in [2.24, 2.45) is 0 Å². The maximum absolute atomic E-state index is 13.1. The van der Waals surface area contributed by atoms with Crippen molar-refractivity contribution in [2.45, 2.75) is 19.9 Å². The maximum Gasteiger partial charge on any atom is 0.243 e. The van der Waals surface area contributed by atoms with Crippen LogP contribution in [0.15, 0.2) is 36.7 Å². The third-order valence-electron chi connectivity index (χ3n) is 3.07. The van der Waals surface area contributed by atoms with Gasteiger partial charge in [-0.3, -0.25) is 4.98 Å². The first-order valence-corrected chi connectivity index (χ1v) is 6.45. The molecule has 0 unspecified atom stereocenters. The van der Waals surface area contributed by atoms with Crippen molar-refractivity contribution in [1.29, 1.82) is 0 Å². The Labute approximate surface area is 115 Å². The quantitative estimate of drug-likeness (QED) is 0.792. The molecular weight excluding hydrogens is 257 g/mol. The molecule has 0 saturated carbocycles. The largest absolute Gasteiger partial charge is 0.347 e. The fraction of sp³-hybridized carbons (Fsp3) is 0.214. The predicted molar refractivity (Wildman–Crippen MR) is 73.9 cm³/mol. The summed E-state index contributed by atoms with van der Waals surface area (Å²) in [5.74, 6) is 0.121. The highest BCUT2D eigenvalue weighted by molar-refractivity contribution is 5.43. The van der Waals surface area contributed by atoms with E-state index in [9.17, 15) is 4.39 Å². The van der Waals surface area contributed by atoms with Crippen molar-refractivity contribution in [3.8, 4) is 0 Å². The van der Waals surface area contributed by atoms with Crippen LogP contribution in [-0.4, -0.2) is 19.6 Å². The number of nitrogens with one attached hydrogen (secondary N) is 1. The molecule has 6 heteroatoms. The molecule has 0 bridgehead atoms. The number of anilines is 1. The SMILES string of the molecule is CCc1cccnc1CNc1nc2ccc(F)cn2n1. The van der Waals surface area contributed by atoms with Gasteiger partial charge in [0.2, 0.25) is 5.95 Å². The molecule has 0 aliphatic heterocycles. The van der Waals surface area contributed by atoms with Crippen molar-refractivity contribution in [2.75, 3.05) is 5.32 Å². The predicted octanol–water partition coefficient (Wildman–Crippen LogP) is 2.44. The maximum atomic E-state index is 13.1. The van der Waals surface area contributed by atoms with E-state index in [4.69, 9.17) is 0 Å². The normalized spacial score (nSPS) is 10.9. The second-order valence-corrected chi connectivity index (χ2v) is 4.40. The van der Waals surface area contributed by atoms with E-state index in [-0.39, 0.29) is 5.82 Å². The molecule has 0 aliphatic rings. The molecule has 3 heterocycles.